The van der Waals surface area contributed by atoms with Crippen molar-refractivity contribution in [3.05, 3.63) is 23.9 Å². The Bertz CT molecular complexity index is 586. The SMILES string of the molecule is CNC1CCN(S(=O)(=O)c2ncccc2C#N)CC1. The molecule has 1 saturated heterocycles. The minimum absolute atomic E-state index is 0.0956. The summed E-state index contributed by atoms with van der Waals surface area (Å²) in [6.45, 7) is 0.907. The Morgan fingerprint density at radius 3 is 2.74 bits per heavy atom. The minimum Gasteiger partial charge on any atom is -0.317 e. The van der Waals surface area contributed by atoms with E-state index in [0.717, 1.165) is 12.8 Å². The standard InChI is InChI=1S/C12H16N4O2S/c1-14-11-4-7-16(8-5-11)19(17,18)12-10(9-13)3-2-6-15-12/h2-3,6,11,14H,4-5,7-8H2,1H3. The molecule has 0 amide bonds. The van der Waals surface area contributed by atoms with E-state index >= 15 is 0 Å². The third-order valence-electron chi connectivity index (χ3n) is 3.34. The van der Waals surface area contributed by atoms with Crippen LogP contribution in [0.3, 0.4) is 0 Å². The lowest BCUT2D eigenvalue weighted by Gasteiger charge is -2.30. The van der Waals surface area contributed by atoms with Crippen molar-refractivity contribution in [3.63, 3.8) is 0 Å². The number of nitriles is 1. The normalized spacial score (nSPS) is 18.1. The topological polar surface area (TPSA) is 86.1 Å². The van der Waals surface area contributed by atoms with E-state index in [1.165, 1.54) is 16.6 Å². The lowest BCUT2D eigenvalue weighted by molar-refractivity contribution is 0.297. The Morgan fingerprint density at radius 2 is 2.16 bits per heavy atom. The van der Waals surface area contributed by atoms with Gasteiger partial charge in [0, 0.05) is 25.3 Å². The number of nitrogens with one attached hydrogen (secondary N) is 1. The first kappa shape index (κ1) is 13.9. The Balaban J connectivity index is 2.27. The molecule has 1 aromatic rings. The van der Waals surface area contributed by atoms with Gasteiger partial charge in [-0.3, -0.25) is 0 Å². The van der Waals surface area contributed by atoms with Gasteiger partial charge in [0.1, 0.15) is 6.07 Å². The average molecular weight is 280 g/mol. The van der Waals surface area contributed by atoms with Crippen LogP contribution in [0.15, 0.2) is 23.4 Å². The maximum Gasteiger partial charge on any atom is 0.261 e. The highest BCUT2D eigenvalue weighted by atomic mass is 32.2. The van der Waals surface area contributed by atoms with E-state index in [1.807, 2.05) is 13.1 Å². The highest BCUT2D eigenvalue weighted by molar-refractivity contribution is 7.89. The molecule has 0 spiro atoms. The van der Waals surface area contributed by atoms with Gasteiger partial charge in [-0.1, -0.05) is 0 Å². The van der Waals surface area contributed by atoms with Crippen LogP contribution >= 0.6 is 0 Å². The molecule has 6 nitrogen and oxygen atoms in total. The van der Waals surface area contributed by atoms with Gasteiger partial charge in [-0.15, -0.1) is 0 Å². The first-order valence-corrected chi connectivity index (χ1v) is 7.56. The van der Waals surface area contributed by atoms with Gasteiger partial charge in [0.25, 0.3) is 10.0 Å². The smallest absolute Gasteiger partial charge is 0.261 e. The molecule has 19 heavy (non-hydrogen) atoms. The molecule has 0 aromatic carbocycles. The van der Waals surface area contributed by atoms with Crippen LogP contribution in [0.25, 0.3) is 0 Å². The molecule has 0 aliphatic carbocycles. The van der Waals surface area contributed by atoms with Crippen molar-refractivity contribution in [1.82, 2.24) is 14.6 Å². The molecule has 1 N–H and O–H groups in total. The summed E-state index contributed by atoms with van der Waals surface area (Å²) in [6.07, 6.45) is 2.93. The van der Waals surface area contributed by atoms with Crippen LogP contribution in [0.5, 0.6) is 0 Å². The van der Waals surface area contributed by atoms with Gasteiger partial charge in [-0.25, -0.2) is 13.4 Å². The van der Waals surface area contributed by atoms with E-state index in [0.29, 0.717) is 19.1 Å². The zero-order valence-electron chi connectivity index (χ0n) is 10.7. The van der Waals surface area contributed by atoms with E-state index < -0.39 is 10.0 Å². The third-order valence-corrected chi connectivity index (χ3v) is 5.20. The Hall–Kier alpha value is -1.49. The van der Waals surface area contributed by atoms with Gasteiger partial charge >= 0.3 is 0 Å². The van der Waals surface area contributed by atoms with Crippen LogP contribution in [0.2, 0.25) is 0 Å². The van der Waals surface area contributed by atoms with Gasteiger partial charge < -0.3 is 5.32 Å². The number of aromatic nitrogens is 1. The fourth-order valence-electron chi connectivity index (χ4n) is 2.19. The molecule has 102 valence electrons. The van der Waals surface area contributed by atoms with E-state index in [9.17, 15) is 8.42 Å². The summed E-state index contributed by atoms with van der Waals surface area (Å²) in [6, 6.07) is 5.27. The molecule has 1 aliphatic heterocycles. The van der Waals surface area contributed by atoms with E-state index in [1.54, 1.807) is 6.07 Å². The maximum absolute atomic E-state index is 12.5. The summed E-state index contributed by atoms with van der Waals surface area (Å²) in [4.78, 5) is 3.87. The van der Waals surface area contributed by atoms with Crippen LogP contribution in [0.4, 0.5) is 0 Å². The summed E-state index contributed by atoms with van der Waals surface area (Å²) >= 11 is 0. The van der Waals surface area contributed by atoms with Crippen molar-refractivity contribution in [3.8, 4) is 6.07 Å². The fourth-order valence-corrected chi connectivity index (χ4v) is 3.71. The number of rotatable bonds is 3. The second kappa shape index (κ2) is 5.65. The molecule has 1 aromatic heterocycles. The molecule has 0 saturated carbocycles. The molecule has 0 atom stereocenters. The van der Waals surface area contributed by atoms with Gasteiger partial charge in [0.2, 0.25) is 0 Å². The van der Waals surface area contributed by atoms with Gasteiger partial charge in [-0.05, 0) is 32.0 Å². The first-order valence-electron chi connectivity index (χ1n) is 6.12. The Labute approximate surface area is 113 Å². The molecule has 1 aliphatic rings. The summed E-state index contributed by atoms with van der Waals surface area (Å²) in [5, 5.41) is 12.0. The molecule has 2 rings (SSSR count). The number of hydrogen-bond donors (Lipinski definition) is 1. The Morgan fingerprint density at radius 1 is 1.47 bits per heavy atom. The molecule has 0 radical (unpaired) electrons. The summed E-state index contributed by atoms with van der Waals surface area (Å²) in [5.74, 6) is 0. The van der Waals surface area contributed by atoms with E-state index in [-0.39, 0.29) is 10.6 Å². The summed E-state index contributed by atoms with van der Waals surface area (Å²) < 4.78 is 26.3. The van der Waals surface area contributed by atoms with Crippen LogP contribution in [0.1, 0.15) is 18.4 Å². The highest BCUT2D eigenvalue weighted by Gasteiger charge is 2.31. The molecule has 1 fully saturated rings. The summed E-state index contributed by atoms with van der Waals surface area (Å²) in [7, 11) is -1.79. The third kappa shape index (κ3) is 2.76. The predicted molar refractivity (Wildman–Crippen MR) is 69.8 cm³/mol. The largest absolute Gasteiger partial charge is 0.317 e. The van der Waals surface area contributed by atoms with Crippen LogP contribution < -0.4 is 5.32 Å². The number of piperidine rings is 1. The second-order valence-electron chi connectivity index (χ2n) is 4.43. The maximum atomic E-state index is 12.5. The van der Waals surface area contributed by atoms with Crippen LogP contribution in [-0.4, -0.2) is 43.9 Å². The minimum atomic E-state index is -3.66. The quantitative estimate of drug-likeness (QED) is 0.862. The van der Waals surface area contributed by atoms with Crippen molar-refractivity contribution in [2.75, 3.05) is 20.1 Å². The first-order chi connectivity index (χ1) is 9.09. The number of sulfonamides is 1. The summed E-state index contributed by atoms with van der Waals surface area (Å²) in [5.41, 5.74) is 0.0956. The molecule has 2 heterocycles. The Kier molecular flexibility index (Phi) is 4.14. The molecular weight excluding hydrogens is 264 g/mol. The lowest BCUT2D eigenvalue weighted by Crippen LogP contribution is -2.44. The van der Waals surface area contributed by atoms with Crippen molar-refractivity contribution < 1.29 is 8.42 Å². The number of hydrogen-bond acceptors (Lipinski definition) is 5. The van der Waals surface area contributed by atoms with Crippen molar-refractivity contribution >= 4 is 10.0 Å². The van der Waals surface area contributed by atoms with Crippen molar-refractivity contribution in [2.45, 2.75) is 23.9 Å². The highest BCUT2D eigenvalue weighted by Crippen LogP contribution is 2.21. The molecular formula is C12H16N4O2S. The van der Waals surface area contributed by atoms with Gasteiger partial charge in [0.05, 0.1) is 5.56 Å². The zero-order valence-corrected chi connectivity index (χ0v) is 11.5. The van der Waals surface area contributed by atoms with Crippen molar-refractivity contribution in [2.24, 2.45) is 0 Å². The fraction of sp³-hybridized carbons (Fsp3) is 0.500. The number of pyridine rings is 1. The predicted octanol–water partition coefficient (Wildman–Crippen LogP) is 0.326. The monoisotopic (exact) mass is 280 g/mol. The zero-order chi connectivity index (χ0) is 13.9. The van der Waals surface area contributed by atoms with Crippen molar-refractivity contribution in [1.29, 1.82) is 5.26 Å². The van der Waals surface area contributed by atoms with E-state index in [4.69, 9.17) is 5.26 Å². The van der Waals surface area contributed by atoms with Gasteiger partial charge in [-0.2, -0.15) is 9.57 Å². The molecule has 0 bridgehead atoms. The van der Waals surface area contributed by atoms with Crippen LogP contribution in [0, 0.1) is 11.3 Å². The molecule has 7 heteroatoms. The number of nitrogens with zero attached hydrogens (tertiary/aromatic N) is 3. The molecule has 0 unspecified atom stereocenters. The van der Waals surface area contributed by atoms with E-state index in [2.05, 4.69) is 10.3 Å². The average Bonchev–Trinajstić information content (AvgIpc) is 2.47. The lowest BCUT2D eigenvalue weighted by atomic mass is 10.1. The van der Waals surface area contributed by atoms with Gasteiger partial charge in [0.15, 0.2) is 5.03 Å². The van der Waals surface area contributed by atoms with Crippen LogP contribution in [-0.2, 0) is 10.0 Å². The second-order valence-corrected chi connectivity index (χ2v) is 6.29.